The average Bonchev–Trinajstić information content (AvgIpc) is 3.57. The summed E-state index contributed by atoms with van der Waals surface area (Å²) in [5, 5.41) is 3.13. The first kappa shape index (κ1) is 16.4. The van der Waals surface area contributed by atoms with E-state index in [9.17, 15) is 9.59 Å². The summed E-state index contributed by atoms with van der Waals surface area (Å²) in [5.74, 6) is 1.26. The van der Waals surface area contributed by atoms with Gasteiger partial charge in [-0.2, -0.15) is 0 Å². The van der Waals surface area contributed by atoms with Gasteiger partial charge in [-0.3, -0.25) is 9.59 Å². The summed E-state index contributed by atoms with van der Waals surface area (Å²) in [7, 11) is 1.69. The topological polar surface area (TPSA) is 58.6 Å². The highest BCUT2D eigenvalue weighted by Gasteiger charge is 2.47. The molecule has 0 radical (unpaired) electrons. The van der Waals surface area contributed by atoms with E-state index in [1.807, 2.05) is 23.1 Å². The fourth-order valence-electron chi connectivity index (χ4n) is 4.02. The van der Waals surface area contributed by atoms with E-state index in [0.717, 1.165) is 50.8 Å². The fourth-order valence-corrected chi connectivity index (χ4v) is 4.02. The number of nitrogens with one attached hydrogen (secondary N) is 1. The molecule has 5 nitrogen and oxygen atoms in total. The van der Waals surface area contributed by atoms with Crippen LogP contribution >= 0.6 is 0 Å². The average molecular weight is 342 g/mol. The predicted molar refractivity (Wildman–Crippen MR) is 94.4 cm³/mol. The summed E-state index contributed by atoms with van der Waals surface area (Å²) in [4.78, 5) is 26.9. The molecule has 1 N–H and O–H groups in total. The van der Waals surface area contributed by atoms with Crippen LogP contribution in [0.5, 0.6) is 5.75 Å². The van der Waals surface area contributed by atoms with Crippen molar-refractivity contribution in [2.45, 2.75) is 50.0 Å². The van der Waals surface area contributed by atoms with Gasteiger partial charge in [0.1, 0.15) is 11.8 Å². The molecule has 2 amide bonds. The number of rotatable bonds is 6. The quantitative estimate of drug-likeness (QED) is 0.863. The molecule has 5 heteroatoms. The van der Waals surface area contributed by atoms with Gasteiger partial charge >= 0.3 is 0 Å². The van der Waals surface area contributed by atoms with E-state index in [-0.39, 0.29) is 29.2 Å². The molecule has 0 spiro atoms. The standard InChI is InChI=1S/C20H26N2O3/c1-25-17-7-3-2-5-15(17)20(10-11-20)13-21-18(23)16-6-4-12-22(16)19(24)14-8-9-14/h2-3,5,7,14,16H,4,6,8-13H2,1H3,(H,21,23)/t16-/m1/s1. The van der Waals surface area contributed by atoms with Crippen LogP contribution in [0.25, 0.3) is 0 Å². The van der Waals surface area contributed by atoms with Gasteiger partial charge in [-0.25, -0.2) is 0 Å². The number of ether oxygens (including phenoxy) is 1. The highest BCUT2D eigenvalue weighted by atomic mass is 16.5. The van der Waals surface area contributed by atoms with Crippen molar-refractivity contribution >= 4 is 11.8 Å². The van der Waals surface area contributed by atoms with Crippen molar-refractivity contribution in [3.8, 4) is 5.75 Å². The van der Waals surface area contributed by atoms with Gasteiger partial charge in [-0.15, -0.1) is 0 Å². The Balaban J connectivity index is 1.40. The molecule has 1 aromatic rings. The van der Waals surface area contributed by atoms with Crippen LogP contribution in [-0.4, -0.2) is 43.0 Å². The second-order valence-electron chi connectivity index (χ2n) is 7.66. The summed E-state index contributed by atoms with van der Waals surface area (Å²) < 4.78 is 5.49. The number of hydrogen-bond donors (Lipinski definition) is 1. The Morgan fingerprint density at radius 1 is 1.24 bits per heavy atom. The van der Waals surface area contributed by atoms with Crippen LogP contribution in [0.3, 0.4) is 0 Å². The molecule has 0 unspecified atom stereocenters. The molecular formula is C20H26N2O3. The molecule has 2 aliphatic carbocycles. The summed E-state index contributed by atoms with van der Waals surface area (Å²) in [6.45, 7) is 1.35. The number of nitrogens with zero attached hydrogens (tertiary/aromatic N) is 1. The van der Waals surface area contributed by atoms with Crippen LogP contribution in [-0.2, 0) is 15.0 Å². The normalized spacial score (nSPS) is 24.0. The summed E-state index contributed by atoms with van der Waals surface area (Å²) in [6.07, 6.45) is 5.80. The van der Waals surface area contributed by atoms with Crippen LogP contribution in [0, 0.1) is 5.92 Å². The van der Waals surface area contributed by atoms with Crippen molar-refractivity contribution in [1.82, 2.24) is 10.2 Å². The fraction of sp³-hybridized carbons (Fsp3) is 0.600. The minimum Gasteiger partial charge on any atom is -0.496 e. The maximum absolute atomic E-state index is 12.7. The van der Waals surface area contributed by atoms with Crippen molar-refractivity contribution in [3.63, 3.8) is 0 Å². The molecular weight excluding hydrogens is 316 g/mol. The maximum Gasteiger partial charge on any atom is 0.242 e. The third-order valence-electron chi connectivity index (χ3n) is 5.90. The van der Waals surface area contributed by atoms with Crippen molar-refractivity contribution in [2.75, 3.05) is 20.2 Å². The number of methoxy groups -OCH3 is 1. The van der Waals surface area contributed by atoms with Crippen molar-refractivity contribution in [2.24, 2.45) is 5.92 Å². The molecule has 1 aromatic carbocycles. The van der Waals surface area contributed by atoms with Gasteiger partial charge in [-0.05, 0) is 44.6 Å². The van der Waals surface area contributed by atoms with Crippen molar-refractivity contribution in [3.05, 3.63) is 29.8 Å². The van der Waals surface area contributed by atoms with Gasteiger partial charge in [0.2, 0.25) is 11.8 Å². The van der Waals surface area contributed by atoms with E-state index in [4.69, 9.17) is 4.74 Å². The molecule has 0 aromatic heterocycles. The molecule has 134 valence electrons. The number of amides is 2. The molecule has 1 saturated heterocycles. The minimum atomic E-state index is -0.276. The lowest BCUT2D eigenvalue weighted by Gasteiger charge is -2.25. The Bertz CT molecular complexity index is 679. The summed E-state index contributed by atoms with van der Waals surface area (Å²) >= 11 is 0. The zero-order valence-electron chi connectivity index (χ0n) is 14.8. The van der Waals surface area contributed by atoms with E-state index in [1.165, 1.54) is 5.56 Å². The Morgan fingerprint density at radius 3 is 2.68 bits per heavy atom. The van der Waals surface area contributed by atoms with E-state index in [1.54, 1.807) is 7.11 Å². The molecule has 1 atom stereocenters. The zero-order valence-corrected chi connectivity index (χ0v) is 14.8. The van der Waals surface area contributed by atoms with E-state index in [0.29, 0.717) is 6.54 Å². The van der Waals surface area contributed by atoms with Gasteiger partial charge in [0.25, 0.3) is 0 Å². The van der Waals surface area contributed by atoms with Gasteiger partial charge in [0.15, 0.2) is 0 Å². The van der Waals surface area contributed by atoms with Gasteiger partial charge in [-0.1, -0.05) is 18.2 Å². The van der Waals surface area contributed by atoms with E-state index < -0.39 is 0 Å². The molecule has 0 bridgehead atoms. The first-order chi connectivity index (χ1) is 12.1. The van der Waals surface area contributed by atoms with E-state index >= 15 is 0 Å². The molecule has 25 heavy (non-hydrogen) atoms. The molecule has 2 saturated carbocycles. The monoisotopic (exact) mass is 342 g/mol. The lowest BCUT2D eigenvalue weighted by molar-refractivity contribution is -0.139. The van der Waals surface area contributed by atoms with Crippen LogP contribution in [0.1, 0.15) is 44.1 Å². The number of carbonyl (C=O) groups is 2. The zero-order chi connectivity index (χ0) is 17.4. The molecule has 3 fully saturated rings. The molecule has 4 rings (SSSR count). The van der Waals surface area contributed by atoms with Crippen LogP contribution in [0.2, 0.25) is 0 Å². The van der Waals surface area contributed by atoms with E-state index in [2.05, 4.69) is 11.4 Å². The third-order valence-corrected chi connectivity index (χ3v) is 5.90. The van der Waals surface area contributed by atoms with Gasteiger partial charge < -0.3 is 15.0 Å². The molecule has 1 aliphatic heterocycles. The third kappa shape index (κ3) is 3.12. The first-order valence-electron chi connectivity index (χ1n) is 9.36. The van der Waals surface area contributed by atoms with Gasteiger partial charge in [0, 0.05) is 30.0 Å². The lowest BCUT2D eigenvalue weighted by atomic mass is 9.94. The highest BCUT2D eigenvalue weighted by molar-refractivity contribution is 5.90. The largest absolute Gasteiger partial charge is 0.496 e. The number of benzene rings is 1. The lowest BCUT2D eigenvalue weighted by Crippen LogP contribution is -2.48. The molecule has 3 aliphatic rings. The summed E-state index contributed by atoms with van der Waals surface area (Å²) in [5.41, 5.74) is 1.17. The summed E-state index contributed by atoms with van der Waals surface area (Å²) in [6, 6.07) is 7.78. The van der Waals surface area contributed by atoms with Gasteiger partial charge in [0.05, 0.1) is 7.11 Å². The number of carbonyl (C=O) groups excluding carboxylic acids is 2. The van der Waals surface area contributed by atoms with Crippen LogP contribution < -0.4 is 10.1 Å². The second-order valence-corrected chi connectivity index (χ2v) is 7.66. The number of likely N-dealkylation sites (tertiary alicyclic amines) is 1. The Labute approximate surface area is 148 Å². The predicted octanol–water partition coefficient (Wildman–Crippen LogP) is 2.24. The second kappa shape index (κ2) is 6.36. The Kier molecular flexibility index (Phi) is 4.18. The first-order valence-corrected chi connectivity index (χ1v) is 9.36. The van der Waals surface area contributed by atoms with Crippen LogP contribution in [0.4, 0.5) is 0 Å². The smallest absolute Gasteiger partial charge is 0.242 e. The van der Waals surface area contributed by atoms with Crippen LogP contribution in [0.15, 0.2) is 24.3 Å². The Hall–Kier alpha value is -2.04. The number of hydrogen-bond acceptors (Lipinski definition) is 3. The maximum atomic E-state index is 12.7. The highest BCUT2D eigenvalue weighted by Crippen LogP contribution is 2.50. The SMILES string of the molecule is COc1ccccc1C1(CNC(=O)[C@H]2CCCN2C(=O)C2CC2)CC1. The number of para-hydroxylation sites is 1. The van der Waals surface area contributed by atoms with Crippen molar-refractivity contribution in [1.29, 1.82) is 0 Å². The van der Waals surface area contributed by atoms with Crippen molar-refractivity contribution < 1.29 is 14.3 Å². The molecule has 1 heterocycles. The Morgan fingerprint density at radius 2 is 2.00 bits per heavy atom. The minimum absolute atomic E-state index is 0.00710.